The van der Waals surface area contributed by atoms with Gasteiger partial charge in [0.15, 0.2) is 0 Å². The van der Waals surface area contributed by atoms with E-state index in [2.05, 4.69) is 4.74 Å². The fourth-order valence-corrected chi connectivity index (χ4v) is 1.70. The molecule has 0 aromatic heterocycles. The molecule has 104 valence electrons. The molecule has 0 fully saturated rings. The van der Waals surface area contributed by atoms with Crippen LogP contribution in [0.5, 0.6) is 0 Å². The van der Waals surface area contributed by atoms with Gasteiger partial charge in [0.25, 0.3) is 5.91 Å². The van der Waals surface area contributed by atoms with Gasteiger partial charge >= 0.3 is 5.97 Å². The van der Waals surface area contributed by atoms with Gasteiger partial charge in [0.1, 0.15) is 12.4 Å². The van der Waals surface area contributed by atoms with Crippen molar-refractivity contribution in [1.29, 1.82) is 0 Å². The van der Waals surface area contributed by atoms with E-state index >= 15 is 0 Å². The summed E-state index contributed by atoms with van der Waals surface area (Å²) in [7, 11) is 1.28. The van der Waals surface area contributed by atoms with Crippen LogP contribution in [0.4, 0.5) is 4.39 Å². The van der Waals surface area contributed by atoms with Gasteiger partial charge in [-0.3, -0.25) is 9.59 Å². The van der Waals surface area contributed by atoms with Crippen molar-refractivity contribution < 1.29 is 18.7 Å². The van der Waals surface area contributed by atoms with E-state index in [0.717, 1.165) is 6.42 Å². The molecule has 1 rings (SSSR count). The number of ether oxygens (including phenoxy) is 1. The third-order valence-corrected chi connectivity index (χ3v) is 2.73. The summed E-state index contributed by atoms with van der Waals surface area (Å²) in [5, 5.41) is 0. The highest BCUT2D eigenvalue weighted by Crippen LogP contribution is 2.12. The third-order valence-electron chi connectivity index (χ3n) is 2.73. The number of carbonyl (C=O) groups excluding carboxylic acids is 2. The molecule has 1 aromatic carbocycles. The molecular formula is C14H18FNO3. The zero-order valence-corrected chi connectivity index (χ0v) is 11.4. The van der Waals surface area contributed by atoms with Crippen LogP contribution in [-0.4, -0.2) is 37.0 Å². The standard InChI is InChI=1S/C14H18FNO3/c1-4-7-16(9-13(17)19-3)14(18)11-5-6-12(15)10(2)8-11/h5-6,8H,4,7,9H2,1-3H3. The molecule has 0 aliphatic heterocycles. The first kappa shape index (κ1) is 15.1. The zero-order valence-electron chi connectivity index (χ0n) is 11.4. The zero-order chi connectivity index (χ0) is 14.4. The Morgan fingerprint density at radius 2 is 2.05 bits per heavy atom. The van der Waals surface area contributed by atoms with E-state index in [1.165, 1.54) is 30.2 Å². The van der Waals surface area contributed by atoms with Crippen LogP contribution in [0, 0.1) is 12.7 Å². The Hall–Kier alpha value is -1.91. The molecule has 0 saturated carbocycles. The first-order valence-electron chi connectivity index (χ1n) is 6.11. The Bertz CT molecular complexity index is 474. The van der Waals surface area contributed by atoms with Gasteiger partial charge in [0.2, 0.25) is 0 Å². The normalized spacial score (nSPS) is 10.1. The summed E-state index contributed by atoms with van der Waals surface area (Å²) in [5.41, 5.74) is 0.775. The first-order valence-corrected chi connectivity index (χ1v) is 6.11. The summed E-state index contributed by atoms with van der Waals surface area (Å²) in [6.45, 7) is 3.86. The maximum Gasteiger partial charge on any atom is 0.325 e. The Labute approximate surface area is 112 Å². The van der Waals surface area contributed by atoms with Gasteiger partial charge in [-0.15, -0.1) is 0 Å². The van der Waals surface area contributed by atoms with Gasteiger partial charge in [-0.25, -0.2) is 4.39 Å². The summed E-state index contributed by atoms with van der Waals surface area (Å²) < 4.78 is 17.7. The van der Waals surface area contributed by atoms with Crippen LogP contribution in [0.3, 0.4) is 0 Å². The summed E-state index contributed by atoms with van der Waals surface area (Å²) in [4.78, 5) is 24.9. The maximum atomic E-state index is 13.2. The van der Waals surface area contributed by atoms with Crippen molar-refractivity contribution >= 4 is 11.9 Å². The van der Waals surface area contributed by atoms with Gasteiger partial charge < -0.3 is 9.64 Å². The molecule has 0 N–H and O–H groups in total. The number of hydrogen-bond donors (Lipinski definition) is 0. The molecule has 1 amide bonds. The Kier molecular flexibility index (Phi) is 5.48. The lowest BCUT2D eigenvalue weighted by Gasteiger charge is -2.21. The van der Waals surface area contributed by atoms with Crippen LogP contribution in [0.15, 0.2) is 18.2 Å². The highest BCUT2D eigenvalue weighted by molar-refractivity contribution is 5.96. The highest BCUT2D eigenvalue weighted by atomic mass is 19.1. The number of aryl methyl sites for hydroxylation is 1. The van der Waals surface area contributed by atoms with E-state index in [9.17, 15) is 14.0 Å². The van der Waals surface area contributed by atoms with Crippen LogP contribution in [0.25, 0.3) is 0 Å². The van der Waals surface area contributed by atoms with Crippen molar-refractivity contribution in [3.63, 3.8) is 0 Å². The minimum absolute atomic E-state index is 0.0976. The maximum absolute atomic E-state index is 13.2. The molecule has 0 heterocycles. The molecule has 5 heteroatoms. The SMILES string of the molecule is CCCN(CC(=O)OC)C(=O)c1ccc(F)c(C)c1. The number of carbonyl (C=O) groups is 2. The number of rotatable bonds is 5. The van der Waals surface area contributed by atoms with Crippen molar-refractivity contribution in [2.24, 2.45) is 0 Å². The monoisotopic (exact) mass is 267 g/mol. The van der Waals surface area contributed by atoms with Gasteiger partial charge in [-0.2, -0.15) is 0 Å². The average molecular weight is 267 g/mol. The molecule has 19 heavy (non-hydrogen) atoms. The molecule has 0 aliphatic rings. The first-order chi connectivity index (χ1) is 8.99. The molecule has 0 spiro atoms. The van der Waals surface area contributed by atoms with Crippen molar-refractivity contribution in [3.05, 3.63) is 35.1 Å². The van der Waals surface area contributed by atoms with E-state index in [-0.39, 0.29) is 18.3 Å². The van der Waals surface area contributed by atoms with Crippen LogP contribution in [0.2, 0.25) is 0 Å². The van der Waals surface area contributed by atoms with Crippen LogP contribution >= 0.6 is 0 Å². The van der Waals surface area contributed by atoms with Crippen molar-refractivity contribution in [1.82, 2.24) is 4.90 Å². The van der Waals surface area contributed by atoms with E-state index in [4.69, 9.17) is 0 Å². The Morgan fingerprint density at radius 1 is 1.37 bits per heavy atom. The topological polar surface area (TPSA) is 46.6 Å². The molecule has 4 nitrogen and oxygen atoms in total. The fourth-order valence-electron chi connectivity index (χ4n) is 1.70. The number of hydrogen-bond acceptors (Lipinski definition) is 3. The quantitative estimate of drug-likeness (QED) is 0.768. The predicted octanol–water partition coefficient (Wildman–Crippen LogP) is 2.16. The Morgan fingerprint density at radius 3 is 2.58 bits per heavy atom. The second-order valence-electron chi connectivity index (χ2n) is 4.27. The van der Waals surface area contributed by atoms with Crippen molar-refractivity contribution in [3.8, 4) is 0 Å². The third kappa shape index (κ3) is 4.05. The van der Waals surface area contributed by atoms with Gasteiger partial charge in [-0.1, -0.05) is 6.92 Å². The second-order valence-corrected chi connectivity index (χ2v) is 4.27. The summed E-state index contributed by atoms with van der Waals surface area (Å²) >= 11 is 0. The summed E-state index contributed by atoms with van der Waals surface area (Å²) in [6.07, 6.45) is 0.725. The van der Waals surface area contributed by atoms with Crippen LogP contribution in [-0.2, 0) is 9.53 Å². The lowest BCUT2D eigenvalue weighted by Crippen LogP contribution is -2.36. The van der Waals surface area contributed by atoms with E-state index in [0.29, 0.717) is 17.7 Å². The van der Waals surface area contributed by atoms with Gasteiger partial charge in [-0.05, 0) is 37.1 Å². The van der Waals surface area contributed by atoms with Crippen molar-refractivity contribution in [2.75, 3.05) is 20.2 Å². The molecule has 0 atom stereocenters. The number of amides is 1. The minimum atomic E-state index is -0.472. The fraction of sp³-hybridized carbons (Fsp3) is 0.429. The van der Waals surface area contributed by atoms with Crippen LogP contribution in [0.1, 0.15) is 29.3 Å². The molecule has 0 saturated heterocycles. The predicted molar refractivity (Wildman–Crippen MR) is 69.3 cm³/mol. The van der Waals surface area contributed by atoms with Crippen molar-refractivity contribution in [2.45, 2.75) is 20.3 Å². The lowest BCUT2D eigenvalue weighted by molar-refractivity contribution is -0.141. The summed E-state index contributed by atoms with van der Waals surface area (Å²) in [5.74, 6) is -1.12. The lowest BCUT2D eigenvalue weighted by atomic mass is 10.1. The number of halogens is 1. The number of esters is 1. The van der Waals surface area contributed by atoms with E-state index in [1.807, 2.05) is 6.92 Å². The number of nitrogens with zero attached hydrogens (tertiary/aromatic N) is 1. The average Bonchev–Trinajstić information content (AvgIpc) is 2.40. The molecule has 0 aliphatic carbocycles. The molecular weight excluding hydrogens is 249 g/mol. The summed E-state index contributed by atoms with van der Waals surface area (Å²) in [6, 6.07) is 4.16. The molecule has 0 unspecified atom stereocenters. The van der Waals surface area contributed by atoms with Gasteiger partial charge in [0, 0.05) is 12.1 Å². The van der Waals surface area contributed by atoms with Crippen LogP contribution < -0.4 is 0 Å². The number of benzene rings is 1. The minimum Gasteiger partial charge on any atom is -0.468 e. The van der Waals surface area contributed by atoms with E-state index in [1.54, 1.807) is 6.92 Å². The largest absolute Gasteiger partial charge is 0.468 e. The highest BCUT2D eigenvalue weighted by Gasteiger charge is 2.19. The molecule has 0 radical (unpaired) electrons. The Balaban J connectivity index is 2.91. The molecule has 0 bridgehead atoms. The second kappa shape index (κ2) is 6.87. The van der Waals surface area contributed by atoms with E-state index < -0.39 is 5.97 Å². The number of methoxy groups -OCH3 is 1. The van der Waals surface area contributed by atoms with Gasteiger partial charge in [0.05, 0.1) is 7.11 Å². The molecule has 1 aromatic rings. The smallest absolute Gasteiger partial charge is 0.325 e.